The zero-order valence-electron chi connectivity index (χ0n) is 7.33. The number of alkyl halides is 1. The lowest BCUT2D eigenvalue weighted by molar-refractivity contribution is 0.482. The molecule has 0 aromatic carbocycles. The molecule has 0 aliphatic carbocycles. The molecule has 0 aromatic rings. The molecule has 4 nitrogen and oxygen atoms in total. The van der Waals surface area contributed by atoms with Crippen LogP contribution >= 0.6 is 11.6 Å². The van der Waals surface area contributed by atoms with Gasteiger partial charge in [0, 0.05) is 0 Å². The first-order chi connectivity index (χ1) is 5.33. The average molecular weight is 218 g/mol. The van der Waals surface area contributed by atoms with Gasteiger partial charge in [0.25, 0.3) is 10.1 Å². The zero-order chi connectivity index (χ0) is 10.2. The van der Waals surface area contributed by atoms with E-state index in [1.54, 1.807) is 6.92 Å². The molecule has 0 aliphatic heterocycles. The Bertz CT molecular complexity index is 179. The van der Waals surface area contributed by atoms with Crippen LogP contribution in [0.2, 0.25) is 0 Å². The van der Waals surface area contributed by atoms with Gasteiger partial charge in [-0.2, -0.15) is 8.42 Å². The van der Waals surface area contributed by atoms with E-state index < -0.39 is 10.1 Å². The molecule has 1 unspecified atom stereocenters. The van der Waals surface area contributed by atoms with Crippen LogP contribution < -0.4 is 5.73 Å². The molecular formula is C6H16ClNO3S. The van der Waals surface area contributed by atoms with Gasteiger partial charge in [-0.3, -0.25) is 4.55 Å². The van der Waals surface area contributed by atoms with Crippen molar-refractivity contribution in [2.75, 3.05) is 5.75 Å². The Kier molecular flexibility index (Phi) is 9.53. The van der Waals surface area contributed by atoms with Crippen molar-refractivity contribution in [3.05, 3.63) is 0 Å². The lowest BCUT2D eigenvalue weighted by Gasteiger charge is -1.88. The van der Waals surface area contributed by atoms with Crippen LogP contribution in [-0.4, -0.2) is 24.2 Å². The molecule has 3 N–H and O–H groups in total. The van der Waals surface area contributed by atoms with Gasteiger partial charge in [-0.15, -0.1) is 11.6 Å². The number of hydrogen-bond acceptors (Lipinski definition) is 3. The Morgan fingerprint density at radius 2 is 1.83 bits per heavy atom. The lowest BCUT2D eigenvalue weighted by Crippen LogP contribution is -2.08. The molecule has 0 bridgehead atoms. The van der Waals surface area contributed by atoms with Crippen molar-refractivity contribution in [2.24, 2.45) is 5.73 Å². The Balaban J connectivity index is 0. The summed E-state index contributed by atoms with van der Waals surface area (Å²) in [6.45, 7) is 3.63. The Morgan fingerprint density at radius 1 is 1.50 bits per heavy atom. The van der Waals surface area contributed by atoms with E-state index in [1.165, 1.54) is 0 Å². The standard InChI is InChI=1S/C3H8ClN.C3H8O3S/c1-2-3(4)5;1-2-3-7(4,5)6/h3H,2,5H2,1H3;2-3H2,1H3,(H,4,5,6). The van der Waals surface area contributed by atoms with E-state index in [0.717, 1.165) is 6.42 Å². The van der Waals surface area contributed by atoms with E-state index in [0.29, 0.717) is 6.42 Å². The van der Waals surface area contributed by atoms with Crippen LogP contribution in [0.25, 0.3) is 0 Å². The molecule has 0 rings (SSSR count). The fraction of sp³-hybridized carbons (Fsp3) is 1.00. The van der Waals surface area contributed by atoms with Crippen molar-refractivity contribution in [1.82, 2.24) is 0 Å². The van der Waals surface area contributed by atoms with E-state index in [1.807, 2.05) is 6.92 Å². The third-order valence-electron chi connectivity index (χ3n) is 0.852. The summed E-state index contributed by atoms with van der Waals surface area (Å²) in [5, 5.41) is 0. The van der Waals surface area contributed by atoms with Crippen LogP contribution in [0.5, 0.6) is 0 Å². The van der Waals surface area contributed by atoms with E-state index in [9.17, 15) is 8.42 Å². The smallest absolute Gasteiger partial charge is 0.264 e. The quantitative estimate of drug-likeness (QED) is 0.423. The maximum Gasteiger partial charge on any atom is 0.264 e. The van der Waals surface area contributed by atoms with Crippen molar-refractivity contribution < 1.29 is 13.0 Å². The Labute approximate surface area is 78.8 Å². The van der Waals surface area contributed by atoms with Crippen LogP contribution in [0.15, 0.2) is 0 Å². The van der Waals surface area contributed by atoms with Crippen LogP contribution in [0.4, 0.5) is 0 Å². The van der Waals surface area contributed by atoms with Gasteiger partial charge in [0.2, 0.25) is 0 Å². The van der Waals surface area contributed by atoms with Gasteiger partial charge in [0.15, 0.2) is 0 Å². The van der Waals surface area contributed by atoms with Crippen molar-refractivity contribution >= 4 is 21.7 Å². The topological polar surface area (TPSA) is 80.4 Å². The molecule has 1 atom stereocenters. The van der Waals surface area contributed by atoms with Crippen LogP contribution in [-0.2, 0) is 10.1 Å². The molecular weight excluding hydrogens is 202 g/mol. The third-order valence-corrected chi connectivity index (χ3v) is 2.08. The average Bonchev–Trinajstić information content (AvgIpc) is 1.86. The first kappa shape index (κ1) is 14.7. The van der Waals surface area contributed by atoms with E-state index in [-0.39, 0.29) is 11.3 Å². The van der Waals surface area contributed by atoms with Crippen molar-refractivity contribution in [2.45, 2.75) is 32.2 Å². The number of hydrogen-bond donors (Lipinski definition) is 2. The van der Waals surface area contributed by atoms with E-state index >= 15 is 0 Å². The number of nitrogens with two attached hydrogens (primary N) is 1. The fourth-order valence-electron chi connectivity index (χ4n) is 0.258. The van der Waals surface area contributed by atoms with Crippen molar-refractivity contribution in [3.8, 4) is 0 Å². The predicted octanol–water partition coefficient (Wildman–Crippen LogP) is 1.20. The first-order valence-electron chi connectivity index (χ1n) is 3.68. The second-order valence-corrected chi connectivity index (χ2v) is 4.34. The summed E-state index contributed by atoms with van der Waals surface area (Å²) in [6.07, 6.45) is 1.32. The largest absolute Gasteiger partial charge is 0.315 e. The number of halogens is 1. The summed E-state index contributed by atoms with van der Waals surface area (Å²) >= 11 is 5.24. The minimum absolute atomic E-state index is 0.132. The van der Waals surface area contributed by atoms with Gasteiger partial charge in [0.1, 0.15) is 0 Å². The summed E-state index contributed by atoms with van der Waals surface area (Å²) in [5.74, 6) is -0.132. The highest BCUT2D eigenvalue weighted by molar-refractivity contribution is 7.85. The summed E-state index contributed by atoms with van der Waals surface area (Å²) in [7, 11) is -3.67. The highest BCUT2D eigenvalue weighted by Gasteiger charge is 1.98. The minimum Gasteiger partial charge on any atom is -0.315 e. The normalized spacial score (nSPS) is 13.1. The Hall–Kier alpha value is 0.160. The minimum atomic E-state index is -3.67. The molecule has 0 radical (unpaired) electrons. The molecule has 76 valence electrons. The molecule has 0 aromatic heterocycles. The first-order valence-corrected chi connectivity index (χ1v) is 5.72. The monoisotopic (exact) mass is 217 g/mol. The second-order valence-electron chi connectivity index (χ2n) is 2.21. The number of rotatable bonds is 3. The molecule has 12 heavy (non-hydrogen) atoms. The van der Waals surface area contributed by atoms with Gasteiger partial charge < -0.3 is 5.73 Å². The molecule has 0 amide bonds. The molecule has 0 spiro atoms. The highest BCUT2D eigenvalue weighted by Crippen LogP contribution is 1.87. The fourth-order valence-corrected chi connectivity index (χ4v) is 0.774. The summed E-state index contributed by atoms with van der Waals surface area (Å²) in [5.41, 5.74) is 4.91. The lowest BCUT2D eigenvalue weighted by atomic mass is 10.5. The Morgan fingerprint density at radius 3 is 1.83 bits per heavy atom. The van der Waals surface area contributed by atoms with Crippen LogP contribution in [0.1, 0.15) is 26.7 Å². The second kappa shape index (κ2) is 7.79. The molecule has 0 aliphatic rings. The molecule has 0 saturated heterocycles. The molecule has 6 heteroatoms. The SMILES string of the molecule is CCC(N)Cl.CCCS(=O)(=O)O. The van der Waals surface area contributed by atoms with Crippen LogP contribution in [0, 0.1) is 0 Å². The molecule has 0 fully saturated rings. The highest BCUT2D eigenvalue weighted by atomic mass is 35.5. The van der Waals surface area contributed by atoms with Gasteiger partial charge in [-0.25, -0.2) is 0 Å². The van der Waals surface area contributed by atoms with E-state index in [2.05, 4.69) is 0 Å². The van der Waals surface area contributed by atoms with Gasteiger partial charge in [-0.05, 0) is 12.8 Å². The van der Waals surface area contributed by atoms with Crippen LogP contribution in [0.3, 0.4) is 0 Å². The zero-order valence-corrected chi connectivity index (χ0v) is 8.90. The van der Waals surface area contributed by atoms with E-state index in [4.69, 9.17) is 21.9 Å². The van der Waals surface area contributed by atoms with Crippen molar-refractivity contribution in [3.63, 3.8) is 0 Å². The summed E-state index contributed by atoms with van der Waals surface area (Å²) < 4.78 is 27.6. The molecule has 0 saturated carbocycles. The maximum absolute atomic E-state index is 9.79. The molecule has 0 heterocycles. The van der Waals surface area contributed by atoms with Gasteiger partial charge in [-0.1, -0.05) is 13.8 Å². The van der Waals surface area contributed by atoms with Gasteiger partial charge in [0.05, 0.1) is 11.3 Å². The third kappa shape index (κ3) is 22.5. The van der Waals surface area contributed by atoms with Crippen molar-refractivity contribution in [1.29, 1.82) is 0 Å². The predicted molar refractivity (Wildman–Crippen MR) is 50.8 cm³/mol. The maximum atomic E-state index is 9.79. The summed E-state index contributed by atoms with van der Waals surface area (Å²) in [4.78, 5) is 0. The summed E-state index contributed by atoms with van der Waals surface area (Å²) in [6, 6.07) is 0. The van der Waals surface area contributed by atoms with Gasteiger partial charge >= 0.3 is 0 Å².